The fraction of sp³-hybridized carbons (Fsp3) is 0.265. The van der Waals surface area contributed by atoms with Gasteiger partial charge in [-0.2, -0.15) is 5.23 Å². The molecule has 0 radical (unpaired) electrons. The van der Waals surface area contributed by atoms with E-state index in [1.165, 1.54) is 42.3 Å². The summed E-state index contributed by atoms with van der Waals surface area (Å²) in [7, 11) is 3.05. The first-order chi connectivity index (χ1) is 22.7. The summed E-state index contributed by atoms with van der Waals surface area (Å²) in [4.78, 5) is 32.4. The van der Waals surface area contributed by atoms with Gasteiger partial charge in [-0.15, -0.1) is 0 Å². The molecule has 2 atom stereocenters. The second-order valence-corrected chi connectivity index (χ2v) is 11.4. The molecule has 2 N–H and O–H groups in total. The molecule has 0 fully saturated rings. The van der Waals surface area contributed by atoms with Crippen LogP contribution in [0, 0.1) is 5.21 Å². The molecule has 0 aliphatic carbocycles. The fourth-order valence-corrected chi connectivity index (χ4v) is 6.23. The molecule has 3 aromatic carbocycles. The minimum atomic E-state index is -0.995. The van der Waals surface area contributed by atoms with Crippen LogP contribution in [0.4, 0.5) is 5.69 Å². The Morgan fingerprint density at radius 3 is 2.36 bits per heavy atom. The number of benzene rings is 3. The molecule has 2 heterocycles. The first-order valence-electron chi connectivity index (χ1n) is 14.8. The van der Waals surface area contributed by atoms with Crippen molar-refractivity contribution in [3.63, 3.8) is 0 Å². The number of ether oxygens (including phenoxy) is 5. The van der Waals surface area contributed by atoms with Gasteiger partial charge in [0.1, 0.15) is 6.61 Å². The normalized spacial score (nSPS) is 15.0. The zero-order valence-electron chi connectivity index (χ0n) is 26.6. The number of methoxy groups -OCH3 is 2. The third kappa shape index (κ3) is 7.08. The van der Waals surface area contributed by atoms with Crippen LogP contribution >= 0.6 is 11.3 Å². The lowest BCUT2D eigenvalue weighted by Gasteiger charge is -2.25. The molecule has 0 amide bonds. The third-order valence-electron chi connectivity index (χ3n) is 7.40. The topological polar surface area (TPSA) is 145 Å². The molecule has 5 rings (SSSR count). The van der Waals surface area contributed by atoms with E-state index in [-0.39, 0.29) is 30.0 Å². The minimum absolute atomic E-state index is 0.164. The van der Waals surface area contributed by atoms with Crippen molar-refractivity contribution < 1.29 is 38.9 Å². The number of aromatic nitrogens is 1. The molecule has 4 aromatic rings. The lowest BCUT2D eigenvalue weighted by molar-refractivity contribution is -0.991. The highest BCUT2D eigenvalue weighted by Gasteiger charge is 2.34. The van der Waals surface area contributed by atoms with Crippen molar-refractivity contribution in [2.75, 3.05) is 27.4 Å². The zero-order valence-corrected chi connectivity index (χ0v) is 27.4. The average Bonchev–Trinajstić information content (AvgIpc) is 3.37. The van der Waals surface area contributed by atoms with Gasteiger partial charge in [0.25, 0.3) is 5.56 Å². The first kappa shape index (κ1) is 33.4. The molecule has 0 saturated heterocycles. The summed E-state index contributed by atoms with van der Waals surface area (Å²) in [5.74, 6) is 1.39. The summed E-state index contributed by atoms with van der Waals surface area (Å²) in [6.45, 7) is 6.06. The van der Waals surface area contributed by atoms with Gasteiger partial charge in [0.2, 0.25) is 0 Å². The molecule has 0 bridgehead atoms. The van der Waals surface area contributed by atoms with E-state index in [2.05, 4.69) is 4.99 Å². The monoisotopic (exact) mass is 661 g/mol. The number of fused-ring (bicyclic) bond motifs is 1. The third-order valence-corrected chi connectivity index (χ3v) is 8.38. The summed E-state index contributed by atoms with van der Waals surface area (Å²) in [6, 6.07) is 16.2. The Balaban J connectivity index is 1.54. The maximum absolute atomic E-state index is 14.1. The highest BCUT2D eigenvalue weighted by Crippen LogP contribution is 2.36. The van der Waals surface area contributed by atoms with Crippen LogP contribution in [0.25, 0.3) is 6.08 Å². The van der Waals surface area contributed by atoms with E-state index in [1.54, 1.807) is 62.4 Å². The van der Waals surface area contributed by atoms with Crippen LogP contribution in [0.1, 0.15) is 43.5 Å². The Morgan fingerprint density at radius 1 is 0.979 bits per heavy atom. The summed E-state index contributed by atoms with van der Waals surface area (Å²) < 4.78 is 30.1. The molecule has 0 saturated carbocycles. The minimum Gasteiger partial charge on any atom is -0.595 e. The summed E-state index contributed by atoms with van der Waals surface area (Å²) in [6.07, 6.45) is 1.75. The lowest BCUT2D eigenvalue weighted by atomic mass is 9.95. The van der Waals surface area contributed by atoms with Gasteiger partial charge >= 0.3 is 5.97 Å². The maximum Gasteiger partial charge on any atom is 0.338 e. The van der Waals surface area contributed by atoms with Crippen molar-refractivity contribution >= 4 is 29.1 Å². The SMILES string of the molecule is CCOC(=O)C1=C(C)N=c2s/c(=C\c3ccc(OCc4ccc([NH+]([O-])O)cc4)c(OCC)c3)c(=O)n2C1c1ccc(OC)c(OC)c1. The van der Waals surface area contributed by atoms with Gasteiger partial charge in [-0.3, -0.25) is 9.36 Å². The van der Waals surface area contributed by atoms with Crippen molar-refractivity contribution in [2.24, 2.45) is 4.99 Å². The second kappa shape index (κ2) is 14.6. The van der Waals surface area contributed by atoms with Gasteiger partial charge in [-0.1, -0.05) is 23.5 Å². The standard InChI is InChI=1S/C34H35N3O9S/c1-6-44-28-16-22(10-14-26(28)46-19-21-8-12-24(13-9-21)37(40)41)17-29-32(38)36-31(23-11-15-25(42-4)27(18-23)43-5)30(33(39)45-7-2)20(3)35-34(36)47-29/h8-18,31,37,40H,6-7,19H2,1-5H3/b29-17-. The molecule has 1 aromatic heterocycles. The van der Waals surface area contributed by atoms with Crippen molar-refractivity contribution in [2.45, 2.75) is 33.4 Å². The van der Waals surface area contributed by atoms with E-state index < -0.39 is 17.2 Å². The molecule has 1 aliphatic heterocycles. The Bertz CT molecular complexity index is 1980. The van der Waals surface area contributed by atoms with E-state index in [1.807, 2.05) is 13.0 Å². The molecular weight excluding hydrogens is 626 g/mol. The molecule has 47 heavy (non-hydrogen) atoms. The van der Waals surface area contributed by atoms with Gasteiger partial charge in [-0.05, 0) is 79.9 Å². The number of nitrogens with one attached hydrogen (secondary N) is 1. The van der Waals surface area contributed by atoms with Gasteiger partial charge in [0.05, 0.1) is 49.3 Å². The van der Waals surface area contributed by atoms with Crippen LogP contribution < -0.4 is 39.1 Å². The molecule has 13 heteroatoms. The maximum atomic E-state index is 14.1. The number of carbonyl (C=O) groups is 1. The number of thiazole rings is 1. The molecular formula is C34H35N3O9S. The van der Waals surface area contributed by atoms with Crippen molar-refractivity contribution in [1.82, 2.24) is 4.57 Å². The summed E-state index contributed by atoms with van der Waals surface area (Å²) in [5, 5.41) is 19.3. The lowest BCUT2D eigenvalue weighted by Crippen LogP contribution is -2.99. The predicted octanol–water partition coefficient (Wildman–Crippen LogP) is 3.20. The number of nitrogens with zero attached hydrogens (tertiary/aromatic N) is 2. The van der Waals surface area contributed by atoms with Crippen molar-refractivity contribution in [3.05, 3.63) is 114 Å². The van der Waals surface area contributed by atoms with Crippen LogP contribution in [-0.2, 0) is 16.1 Å². The zero-order chi connectivity index (χ0) is 33.7. The van der Waals surface area contributed by atoms with Crippen molar-refractivity contribution in [3.8, 4) is 23.0 Å². The molecule has 0 spiro atoms. The van der Waals surface area contributed by atoms with Gasteiger partial charge in [0.15, 0.2) is 33.5 Å². The smallest absolute Gasteiger partial charge is 0.338 e. The number of carbonyl (C=O) groups excluding carboxylic acids is 1. The fourth-order valence-electron chi connectivity index (χ4n) is 5.19. The number of hydrogen-bond acceptors (Lipinski definition) is 11. The van der Waals surface area contributed by atoms with Crippen LogP contribution in [0.3, 0.4) is 0 Å². The van der Waals surface area contributed by atoms with Gasteiger partial charge in [-0.25, -0.2) is 15.0 Å². The van der Waals surface area contributed by atoms with E-state index in [0.29, 0.717) is 55.8 Å². The number of allylic oxidation sites excluding steroid dienone is 1. The van der Waals surface area contributed by atoms with Gasteiger partial charge in [0, 0.05) is 12.1 Å². The summed E-state index contributed by atoms with van der Waals surface area (Å²) >= 11 is 1.21. The van der Waals surface area contributed by atoms with Crippen molar-refractivity contribution in [1.29, 1.82) is 0 Å². The highest BCUT2D eigenvalue weighted by molar-refractivity contribution is 7.07. The number of hydrogen-bond donors (Lipinski definition) is 2. The molecule has 1 aliphatic rings. The van der Waals surface area contributed by atoms with E-state index in [9.17, 15) is 14.8 Å². The van der Waals surface area contributed by atoms with Crippen LogP contribution in [0.2, 0.25) is 0 Å². The predicted molar refractivity (Wildman–Crippen MR) is 174 cm³/mol. The molecule has 246 valence electrons. The highest BCUT2D eigenvalue weighted by atomic mass is 32.1. The Kier molecular flexibility index (Phi) is 10.4. The molecule has 12 nitrogen and oxygen atoms in total. The van der Waals surface area contributed by atoms with E-state index in [4.69, 9.17) is 28.9 Å². The Labute approximate surface area is 274 Å². The van der Waals surface area contributed by atoms with Crippen LogP contribution in [-0.4, -0.2) is 43.2 Å². The van der Waals surface area contributed by atoms with Crippen LogP contribution in [0.15, 0.2) is 81.7 Å². The second-order valence-electron chi connectivity index (χ2n) is 10.3. The molecule has 2 unspecified atom stereocenters. The van der Waals surface area contributed by atoms with Gasteiger partial charge < -0.3 is 28.9 Å². The Morgan fingerprint density at radius 2 is 1.70 bits per heavy atom. The first-order valence-corrected chi connectivity index (χ1v) is 15.6. The van der Waals surface area contributed by atoms with E-state index in [0.717, 1.165) is 5.56 Å². The average molecular weight is 662 g/mol. The largest absolute Gasteiger partial charge is 0.595 e. The van der Waals surface area contributed by atoms with Crippen LogP contribution in [0.5, 0.6) is 23.0 Å². The quantitative estimate of drug-likeness (QED) is 0.173. The number of esters is 1. The summed E-state index contributed by atoms with van der Waals surface area (Å²) in [5.41, 5.74) is 2.70. The Hall–Kier alpha value is -4.95. The number of quaternary nitrogens is 1. The van der Waals surface area contributed by atoms with E-state index >= 15 is 0 Å². The number of rotatable bonds is 12.